The Bertz CT molecular complexity index is 3560. The number of carboxylic acids is 1. The molecule has 0 aliphatic rings. The normalized spacial score (nSPS) is 11.9. The van der Waals surface area contributed by atoms with Crippen molar-refractivity contribution in [2.75, 3.05) is 10.6 Å². The average Bonchev–Trinajstić information content (AvgIpc) is 3.80. The van der Waals surface area contributed by atoms with Crippen molar-refractivity contribution >= 4 is 119 Å². The third kappa shape index (κ3) is 11.6. The first kappa shape index (κ1) is 49.7. The summed E-state index contributed by atoms with van der Waals surface area (Å²) in [6.07, 6.45) is -0.510. The molecule has 23 nitrogen and oxygen atoms in total. The Morgan fingerprint density at radius 3 is 2.00 bits per heavy atom. The largest absolute Gasteiger partial charge is 0.505 e. The number of rotatable bonds is 18. The number of hydrogen-bond donors (Lipinski definition) is 7. The molecule has 362 valence electrons. The van der Waals surface area contributed by atoms with Crippen LogP contribution >= 0.6 is 24.1 Å². The van der Waals surface area contributed by atoms with E-state index in [2.05, 4.69) is 55.7 Å². The molecule has 0 spiro atoms. The van der Waals surface area contributed by atoms with E-state index >= 15 is 0 Å². The summed E-state index contributed by atoms with van der Waals surface area (Å²) in [7, 11) is -4.63. The zero-order chi connectivity index (χ0) is 50.4. The van der Waals surface area contributed by atoms with Crippen LogP contribution in [0.5, 0.6) is 5.75 Å². The molecule has 0 unspecified atom stereocenters. The lowest BCUT2D eigenvalue weighted by molar-refractivity contribution is -0.432. The van der Waals surface area contributed by atoms with E-state index in [1.165, 1.54) is 35.1 Å². The van der Waals surface area contributed by atoms with E-state index in [0.717, 1.165) is 6.07 Å². The number of carbonyl (C=O) groups is 3. The summed E-state index contributed by atoms with van der Waals surface area (Å²) in [5.41, 5.74) is 5.12. The molecule has 0 saturated heterocycles. The summed E-state index contributed by atoms with van der Waals surface area (Å²) in [6.45, 7) is 3.60. The lowest BCUT2D eigenvalue weighted by Gasteiger charge is -2.12. The number of aromatic nitrogens is 3. The van der Waals surface area contributed by atoms with E-state index in [4.69, 9.17) is 20.0 Å². The van der Waals surface area contributed by atoms with E-state index < -0.39 is 32.8 Å². The number of carboxylic acid groups (broad SMARTS) is 1. The van der Waals surface area contributed by atoms with Crippen LogP contribution in [-0.4, -0.2) is 66.5 Å². The number of nitrogens with zero attached hydrogens (tertiary/aromatic N) is 7. The summed E-state index contributed by atoms with van der Waals surface area (Å²) in [5, 5.41) is 79.0. The second-order valence-electron chi connectivity index (χ2n) is 15.2. The highest BCUT2D eigenvalue weighted by Gasteiger charge is 2.20. The molecule has 2 amide bonds. The Morgan fingerprint density at radius 1 is 0.690 bits per heavy atom. The van der Waals surface area contributed by atoms with Crippen LogP contribution in [0.15, 0.2) is 144 Å². The highest BCUT2D eigenvalue weighted by atomic mass is 32.2. The highest BCUT2D eigenvalue weighted by molar-refractivity contribution is 7.95. The maximum atomic E-state index is 13.1. The zero-order valence-corrected chi connectivity index (χ0v) is 39.0. The Morgan fingerprint density at radius 2 is 1.34 bits per heavy atom. The number of aliphatic carboxylic acids is 1. The summed E-state index contributed by atoms with van der Waals surface area (Å²) < 4.78 is 43.1. The van der Waals surface area contributed by atoms with Gasteiger partial charge < -0.3 is 20.8 Å². The smallest absolute Gasteiger partial charge is 0.303 e. The molecule has 8 rings (SSSR count). The van der Waals surface area contributed by atoms with Crippen molar-refractivity contribution in [1.82, 2.24) is 15.0 Å². The van der Waals surface area contributed by atoms with Crippen molar-refractivity contribution in [1.29, 1.82) is 0 Å². The summed E-state index contributed by atoms with van der Waals surface area (Å²) in [6, 6.07) is 28.4. The standard InChI is InChI=1S/C45H35N9O14S3/c1-23-18-37(50-51-43-39(70-68-66-61)20-26-19-29(9-12-32(26)44(43)58)47-45(59)25-3-5-27(6-4-25)46-40(55)15-16-41(56)57)24(2)17-36(23)49-48-28-7-10-30(11-8-28)54-52-35-14-13-33-34(42(35)53-54)21-31(71(62,63)64)22-38(33)69-67-65-60/h3-14,17-22,58,60-61H,15-16H2,1-2H3,(H,46,55)(H,47,59)(H,56,57)(H,62,63,64). The lowest BCUT2D eigenvalue weighted by Crippen LogP contribution is -2.14. The number of phenols is 1. The molecule has 0 fully saturated rings. The number of benzene rings is 7. The molecule has 1 aromatic heterocycles. The fraction of sp³-hybridized carbons (Fsp3) is 0.0889. The Kier molecular flexibility index (Phi) is 15.0. The van der Waals surface area contributed by atoms with Gasteiger partial charge in [0.25, 0.3) is 16.0 Å². The molecule has 0 aliphatic heterocycles. The first-order valence-electron chi connectivity index (χ1n) is 20.5. The number of hydrogen-bond acceptors (Lipinski definition) is 20. The van der Waals surface area contributed by atoms with E-state index in [1.54, 1.807) is 86.6 Å². The van der Waals surface area contributed by atoms with E-state index in [1.807, 2.05) is 0 Å². The number of phenolic OH excluding ortho intramolecular Hbond substituents is 1. The van der Waals surface area contributed by atoms with Crippen LogP contribution in [0.2, 0.25) is 0 Å². The van der Waals surface area contributed by atoms with Crippen molar-refractivity contribution in [3.8, 4) is 11.4 Å². The van der Waals surface area contributed by atoms with Gasteiger partial charge in [-0.05, 0) is 133 Å². The van der Waals surface area contributed by atoms with E-state index in [9.17, 15) is 32.5 Å². The minimum absolute atomic E-state index is 0.0121. The van der Waals surface area contributed by atoms with Gasteiger partial charge in [-0.2, -0.15) is 28.6 Å². The quantitative estimate of drug-likeness (QED) is 0.0138. The molecule has 8 aromatic rings. The molecule has 7 aromatic carbocycles. The molecule has 26 heteroatoms. The van der Waals surface area contributed by atoms with Gasteiger partial charge in [0.1, 0.15) is 16.7 Å². The second kappa shape index (κ2) is 21.5. The van der Waals surface area contributed by atoms with Crippen LogP contribution in [0.4, 0.5) is 34.1 Å². The summed E-state index contributed by atoms with van der Waals surface area (Å²) in [5.74, 6) is -2.33. The Balaban J connectivity index is 0.970. The number of amides is 2. The van der Waals surface area contributed by atoms with Crippen molar-refractivity contribution in [2.45, 2.75) is 41.4 Å². The number of nitrogens with one attached hydrogen (secondary N) is 2. The second-order valence-corrected chi connectivity index (χ2v) is 18.1. The van der Waals surface area contributed by atoms with Gasteiger partial charge in [-0.1, -0.05) is 16.1 Å². The molecular formula is C45H35N9O14S3. The van der Waals surface area contributed by atoms with Crippen LogP contribution < -0.4 is 10.6 Å². The minimum atomic E-state index is -4.63. The van der Waals surface area contributed by atoms with Crippen LogP contribution in [0.25, 0.3) is 38.3 Å². The first-order chi connectivity index (χ1) is 34.1. The fourth-order valence-corrected chi connectivity index (χ4v) is 8.65. The number of azo groups is 2. The maximum absolute atomic E-state index is 13.1. The van der Waals surface area contributed by atoms with Crippen molar-refractivity contribution in [3.05, 3.63) is 126 Å². The molecule has 7 N–H and O–H groups in total. The molecule has 1 heterocycles. The average molecular weight is 1020 g/mol. The summed E-state index contributed by atoms with van der Waals surface area (Å²) in [4.78, 5) is 37.1. The van der Waals surface area contributed by atoms with Crippen LogP contribution in [0, 0.1) is 13.8 Å². The number of aromatic hydroxyl groups is 1. The van der Waals surface area contributed by atoms with Gasteiger partial charge in [-0.25, -0.2) is 10.5 Å². The molecule has 0 saturated carbocycles. The van der Waals surface area contributed by atoms with Gasteiger partial charge in [0, 0.05) is 44.4 Å². The topological polar surface area (TPSA) is 328 Å². The van der Waals surface area contributed by atoms with Gasteiger partial charge in [0.05, 0.1) is 63.0 Å². The van der Waals surface area contributed by atoms with Crippen molar-refractivity contribution in [3.63, 3.8) is 0 Å². The third-order valence-corrected chi connectivity index (χ3v) is 12.6. The van der Waals surface area contributed by atoms with E-state index in [-0.39, 0.29) is 39.6 Å². The predicted octanol–water partition coefficient (Wildman–Crippen LogP) is 11.0. The van der Waals surface area contributed by atoms with Gasteiger partial charge in [-0.3, -0.25) is 18.9 Å². The first-order valence-corrected chi connectivity index (χ1v) is 23.4. The molecule has 0 radical (unpaired) electrons. The Labute approximate surface area is 408 Å². The number of aryl methyl sites for hydroxylation is 2. The summed E-state index contributed by atoms with van der Waals surface area (Å²) >= 11 is 1.08. The third-order valence-electron chi connectivity index (χ3n) is 10.5. The van der Waals surface area contributed by atoms with E-state index in [0.29, 0.717) is 102 Å². The molecule has 0 aliphatic carbocycles. The fourth-order valence-electron chi connectivity index (χ4n) is 7.00. The number of carbonyl (C=O) groups excluding carboxylic acids is 2. The Hall–Kier alpha value is -7.76. The predicted molar refractivity (Wildman–Crippen MR) is 257 cm³/mol. The molecule has 0 atom stereocenters. The van der Waals surface area contributed by atoms with Crippen molar-refractivity contribution in [2.24, 2.45) is 20.5 Å². The minimum Gasteiger partial charge on any atom is -0.505 e. The maximum Gasteiger partial charge on any atom is 0.303 e. The van der Waals surface area contributed by atoms with Gasteiger partial charge >= 0.3 is 5.97 Å². The monoisotopic (exact) mass is 1020 g/mol. The van der Waals surface area contributed by atoms with Crippen molar-refractivity contribution < 1.29 is 66.8 Å². The van der Waals surface area contributed by atoms with Gasteiger partial charge in [0.2, 0.25) is 5.91 Å². The van der Waals surface area contributed by atoms with Crippen LogP contribution in [0.1, 0.15) is 34.3 Å². The number of fused-ring (bicyclic) bond motifs is 4. The SMILES string of the molecule is Cc1cc(N=Nc2c(SOOO)cc3cc(NC(=O)c4ccc(NC(=O)CCC(=O)O)cc4)ccc3c2O)c(C)cc1N=Nc1ccc(-n2nc3ccc4c(SOOO)cc(S(=O)(=O)O)cc4c3n2)cc1. The molecule has 0 bridgehead atoms. The van der Waals surface area contributed by atoms with Gasteiger partial charge in [0.15, 0.2) is 5.75 Å². The van der Waals surface area contributed by atoms with Crippen LogP contribution in [0.3, 0.4) is 0 Å². The molecule has 71 heavy (non-hydrogen) atoms. The molecular weight excluding hydrogens is 987 g/mol. The van der Waals surface area contributed by atoms with Crippen LogP contribution in [-0.2, 0) is 38.5 Å². The lowest BCUT2D eigenvalue weighted by atomic mass is 10.1. The highest BCUT2D eigenvalue weighted by Crippen LogP contribution is 2.45. The van der Waals surface area contributed by atoms with Gasteiger partial charge in [-0.15, -0.1) is 24.0 Å². The number of anilines is 2. The zero-order valence-electron chi connectivity index (χ0n) is 36.6.